The number of amides is 2. The van der Waals surface area contributed by atoms with Crippen LogP contribution in [0, 0.1) is 5.92 Å². The molecule has 4 aromatic rings. The number of hydrogen-bond donors (Lipinski definition) is 2. The second kappa shape index (κ2) is 9.09. The highest BCUT2D eigenvalue weighted by Gasteiger charge is 2.26. The topological polar surface area (TPSA) is 92.4 Å². The van der Waals surface area contributed by atoms with Gasteiger partial charge in [0.2, 0.25) is 0 Å². The summed E-state index contributed by atoms with van der Waals surface area (Å²) in [4.78, 5) is 31.0. The summed E-state index contributed by atoms with van der Waals surface area (Å²) in [6, 6.07) is 16.0. The van der Waals surface area contributed by atoms with E-state index < -0.39 is 6.09 Å². The van der Waals surface area contributed by atoms with Crippen LogP contribution < -0.4 is 5.32 Å². The zero-order valence-corrected chi connectivity index (χ0v) is 20.4. The predicted octanol–water partition coefficient (Wildman–Crippen LogP) is 4.72. The van der Waals surface area contributed by atoms with Crippen LogP contribution in [0.5, 0.6) is 0 Å². The summed E-state index contributed by atoms with van der Waals surface area (Å²) in [5.74, 6) is 1.25. The van der Waals surface area contributed by atoms with Crippen LogP contribution >= 0.6 is 0 Å². The van der Waals surface area contributed by atoms with Crippen molar-refractivity contribution in [2.45, 2.75) is 39.3 Å². The van der Waals surface area contributed by atoms with E-state index in [2.05, 4.69) is 58.6 Å². The molecule has 1 aliphatic heterocycles. The van der Waals surface area contributed by atoms with Gasteiger partial charge < -0.3 is 24.5 Å². The number of nitrogens with zero attached hydrogens (tertiary/aromatic N) is 4. The minimum Gasteiger partial charge on any atom is -0.465 e. The SMILES string of the molecule is CC(C)Cn1c(-c2nc3cc(C(=O)N4CCCC(NC(=O)O)C4)ccc3n2C)cc2ccccc21. The van der Waals surface area contributed by atoms with E-state index in [4.69, 9.17) is 10.1 Å². The quantitative estimate of drug-likeness (QED) is 0.439. The average Bonchev–Trinajstić information content (AvgIpc) is 3.35. The molecule has 0 spiro atoms. The van der Waals surface area contributed by atoms with Crippen LogP contribution in [0.15, 0.2) is 48.5 Å². The number of para-hydroxylation sites is 1. The third-order valence-electron chi connectivity index (χ3n) is 6.75. The number of aryl methyl sites for hydroxylation is 1. The van der Waals surface area contributed by atoms with Gasteiger partial charge >= 0.3 is 6.09 Å². The van der Waals surface area contributed by atoms with Crippen LogP contribution in [0.1, 0.15) is 37.0 Å². The van der Waals surface area contributed by atoms with E-state index in [-0.39, 0.29) is 11.9 Å². The zero-order chi connectivity index (χ0) is 24.7. The molecule has 0 bridgehead atoms. The van der Waals surface area contributed by atoms with Crippen molar-refractivity contribution < 1.29 is 14.7 Å². The molecule has 1 fully saturated rings. The molecule has 2 amide bonds. The second-order valence-corrected chi connectivity index (χ2v) is 9.83. The molecule has 5 rings (SSSR count). The molecule has 35 heavy (non-hydrogen) atoms. The number of rotatable bonds is 5. The lowest BCUT2D eigenvalue weighted by Gasteiger charge is -2.32. The molecular weight excluding hydrogens is 442 g/mol. The minimum absolute atomic E-state index is 0.0927. The fraction of sp³-hybridized carbons (Fsp3) is 0.370. The molecule has 8 nitrogen and oxygen atoms in total. The van der Waals surface area contributed by atoms with Crippen LogP contribution in [0.25, 0.3) is 33.5 Å². The summed E-state index contributed by atoms with van der Waals surface area (Å²) in [6.45, 7) is 6.31. The number of carbonyl (C=O) groups excluding carboxylic acids is 1. The van der Waals surface area contributed by atoms with E-state index in [0.29, 0.717) is 24.6 Å². The van der Waals surface area contributed by atoms with Gasteiger partial charge in [-0.05, 0) is 49.1 Å². The molecule has 1 saturated heterocycles. The first-order valence-electron chi connectivity index (χ1n) is 12.2. The Morgan fingerprint density at radius 3 is 2.71 bits per heavy atom. The fourth-order valence-electron chi connectivity index (χ4n) is 5.16. The molecule has 182 valence electrons. The van der Waals surface area contributed by atoms with Crippen LogP contribution in [-0.2, 0) is 13.6 Å². The molecule has 1 atom stereocenters. The van der Waals surface area contributed by atoms with Crippen LogP contribution in [-0.4, -0.2) is 55.3 Å². The highest BCUT2D eigenvalue weighted by molar-refractivity contribution is 5.98. The summed E-state index contributed by atoms with van der Waals surface area (Å²) < 4.78 is 4.42. The summed E-state index contributed by atoms with van der Waals surface area (Å²) in [6.07, 6.45) is 0.456. The smallest absolute Gasteiger partial charge is 0.404 e. The first kappa shape index (κ1) is 23.0. The first-order valence-corrected chi connectivity index (χ1v) is 12.2. The molecule has 0 saturated carbocycles. The van der Waals surface area contributed by atoms with Gasteiger partial charge in [-0.25, -0.2) is 9.78 Å². The maximum absolute atomic E-state index is 13.2. The lowest BCUT2D eigenvalue weighted by atomic mass is 10.0. The van der Waals surface area contributed by atoms with E-state index >= 15 is 0 Å². The molecule has 0 aliphatic carbocycles. The van der Waals surface area contributed by atoms with Crippen molar-refractivity contribution in [2.75, 3.05) is 13.1 Å². The Kier molecular flexibility index (Phi) is 5.96. The van der Waals surface area contributed by atoms with Gasteiger partial charge in [-0.2, -0.15) is 0 Å². The lowest BCUT2D eigenvalue weighted by molar-refractivity contribution is 0.0692. The van der Waals surface area contributed by atoms with Crippen LogP contribution in [0.2, 0.25) is 0 Å². The highest BCUT2D eigenvalue weighted by atomic mass is 16.4. The molecule has 8 heteroatoms. The number of fused-ring (bicyclic) bond motifs is 2. The molecule has 3 heterocycles. The van der Waals surface area contributed by atoms with Crippen LogP contribution in [0.4, 0.5) is 4.79 Å². The van der Waals surface area contributed by atoms with Gasteiger partial charge in [-0.1, -0.05) is 32.0 Å². The number of likely N-dealkylation sites (tertiary alicyclic amines) is 1. The second-order valence-electron chi connectivity index (χ2n) is 9.83. The van der Waals surface area contributed by atoms with Gasteiger partial charge in [-0.15, -0.1) is 0 Å². The van der Waals surface area contributed by atoms with Gasteiger partial charge in [0.25, 0.3) is 5.91 Å². The third-order valence-corrected chi connectivity index (χ3v) is 6.75. The zero-order valence-electron chi connectivity index (χ0n) is 20.4. The summed E-state index contributed by atoms with van der Waals surface area (Å²) in [5, 5.41) is 12.7. The normalized spacial score (nSPS) is 16.3. The predicted molar refractivity (Wildman–Crippen MR) is 137 cm³/mol. The number of piperidine rings is 1. The average molecular weight is 474 g/mol. The minimum atomic E-state index is -1.05. The van der Waals surface area contributed by atoms with E-state index in [9.17, 15) is 9.59 Å². The molecule has 2 aromatic carbocycles. The van der Waals surface area contributed by atoms with Crippen molar-refractivity contribution in [3.63, 3.8) is 0 Å². The lowest BCUT2D eigenvalue weighted by Crippen LogP contribution is -2.49. The number of carbonyl (C=O) groups is 2. The number of benzene rings is 2. The van der Waals surface area contributed by atoms with Crippen molar-refractivity contribution in [1.82, 2.24) is 24.3 Å². The monoisotopic (exact) mass is 473 g/mol. The van der Waals surface area contributed by atoms with Gasteiger partial charge in [0.05, 0.1) is 16.7 Å². The molecular formula is C27H31N5O3. The Bertz CT molecular complexity index is 1420. The first-order chi connectivity index (χ1) is 16.8. The molecule has 2 N–H and O–H groups in total. The molecule has 1 aliphatic rings. The number of imidazole rings is 1. The molecule has 0 radical (unpaired) electrons. The Morgan fingerprint density at radius 1 is 1.14 bits per heavy atom. The third kappa shape index (κ3) is 4.36. The number of nitrogens with one attached hydrogen (secondary N) is 1. The number of aromatic nitrogens is 3. The van der Waals surface area contributed by atoms with Crippen molar-refractivity contribution in [3.05, 3.63) is 54.1 Å². The van der Waals surface area contributed by atoms with Crippen LogP contribution in [0.3, 0.4) is 0 Å². The van der Waals surface area contributed by atoms with E-state index in [1.54, 1.807) is 4.90 Å². The standard InChI is InChI=1S/C27H31N5O3/c1-17(2)15-32-22-9-5-4-7-18(22)14-24(32)25-29-21-13-19(10-11-23(21)30(25)3)26(33)31-12-6-8-20(16-31)28-27(34)35/h4-5,7,9-11,13-14,17,20,28H,6,8,12,15-16H2,1-3H3,(H,34,35). The summed E-state index contributed by atoms with van der Waals surface area (Å²) >= 11 is 0. The van der Waals surface area contributed by atoms with Crippen molar-refractivity contribution in [3.8, 4) is 11.5 Å². The molecule has 2 aromatic heterocycles. The van der Waals surface area contributed by atoms with Crippen molar-refractivity contribution in [2.24, 2.45) is 13.0 Å². The Morgan fingerprint density at radius 2 is 1.94 bits per heavy atom. The van der Waals surface area contributed by atoms with Gasteiger partial charge in [0.15, 0.2) is 5.82 Å². The van der Waals surface area contributed by atoms with Crippen molar-refractivity contribution >= 4 is 33.9 Å². The Balaban J connectivity index is 1.50. The molecule has 1 unspecified atom stereocenters. The summed E-state index contributed by atoms with van der Waals surface area (Å²) in [5.41, 5.74) is 4.55. The summed E-state index contributed by atoms with van der Waals surface area (Å²) in [7, 11) is 2.01. The highest BCUT2D eigenvalue weighted by Crippen LogP contribution is 2.31. The Labute approximate surface area is 204 Å². The Hall–Kier alpha value is -3.81. The fourth-order valence-corrected chi connectivity index (χ4v) is 5.16. The number of carboxylic acid groups (broad SMARTS) is 1. The largest absolute Gasteiger partial charge is 0.465 e. The number of hydrogen-bond acceptors (Lipinski definition) is 3. The van der Waals surface area contributed by atoms with Gasteiger partial charge in [0, 0.05) is 49.2 Å². The van der Waals surface area contributed by atoms with E-state index in [1.807, 2.05) is 25.2 Å². The van der Waals surface area contributed by atoms with Gasteiger partial charge in [-0.3, -0.25) is 4.79 Å². The van der Waals surface area contributed by atoms with Crippen molar-refractivity contribution in [1.29, 1.82) is 0 Å². The van der Waals surface area contributed by atoms with E-state index in [1.165, 1.54) is 10.9 Å². The van der Waals surface area contributed by atoms with E-state index in [0.717, 1.165) is 41.9 Å². The van der Waals surface area contributed by atoms with Gasteiger partial charge in [0.1, 0.15) is 0 Å². The maximum Gasteiger partial charge on any atom is 0.404 e. The maximum atomic E-state index is 13.2.